The molecule has 0 saturated heterocycles. The molecule has 0 unspecified atom stereocenters. The molecule has 0 heterocycles. The fraction of sp³-hybridized carbons (Fsp3) is 0.455. The standard InChI is InChI=1S/C22H29NO4.ClH/c1-6-11-23-18-10-7-14-12-19(25-3)21(26-4)22(27-5)20(14)16-9-8-15(24-2)13-17(16)18;/h8-9,12-13,18,23H,6-7,10-11H2,1-5H3;1H/t18-;/m0./s1. The highest BCUT2D eigenvalue weighted by Gasteiger charge is 2.28. The number of nitrogens with one attached hydrogen (secondary N) is 1. The van der Waals surface area contributed by atoms with E-state index in [0.717, 1.165) is 48.4 Å². The van der Waals surface area contributed by atoms with Gasteiger partial charge in [-0.2, -0.15) is 0 Å². The van der Waals surface area contributed by atoms with Crippen LogP contribution in [0.4, 0.5) is 0 Å². The van der Waals surface area contributed by atoms with E-state index in [1.165, 1.54) is 11.1 Å². The van der Waals surface area contributed by atoms with Gasteiger partial charge >= 0.3 is 0 Å². The summed E-state index contributed by atoms with van der Waals surface area (Å²) in [6.45, 7) is 3.16. The van der Waals surface area contributed by atoms with Gasteiger partial charge < -0.3 is 24.3 Å². The van der Waals surface area contributed by atoms with Gasteiger partial charge in [-0.15, -0.1) is 12.4 Å². The molecule has 5 nitrogen and oxygen atoms in total. The molecule has 6 heteroatoms. The molecular formula is C22H30ClNO4. The fourth-order valence-electron chi connectivity index (χ4n) is 3.87. The summed E-state index contributed by atoms with van der Waals surface area (Å²) in [5, 5.41) is 3.69. The van der Waals surface area contributed by atoms with Gasteiger partial charge in [-0.05, 0) is 60.7 Å². The molecule has 2 aromatic rings. The molecule has 3 rings (SSSR count). The van der Waals surface area contributed by atoms with Crippen LogP contribution in [-0.4, -0.2) is 35.0 Å². The molecule has 28 heavy (non-hydrogen) atoms. The van der Waals surface area contributed by atoms with Crippen molar-refractivity contribution in [1.82, 2.24) is 5.32 Å². The molecule has 0 bridgehead atoms. The lowest BCUT2D eigenvalue weighted by atomic mass is 9.93. The Morgan fingerprint density at radius 2 is 1.71 bits per heavy atom. The van der Waals surface area contributed by atoms with Crippen molar-refractivity contribution < 1.29 is 18.9 Å². The summed E-state index contributed by atoms with van der Waals surface area (Å²) in [4.78, 5) is 0. The van der Waals surface area contributed by atoms with Gasteiger partial charge in [0.1, 0.15) is 5.75 Å². The fourth-order valence-corrected chi connectivity index (χ4v) is 3.87. The van der Waals surface area contributed by atoms with E-state index < -0.39 is 0 Å². The lowest BCUT2D eigenvalue weighted by Crippen LogP contribution is -2.22. The molecule has 0 radical (unpaired) electrons. The Bertz CT molecular complexity index is 810. The van der Waals surface area contributed by atoms with Crippen LogP contribution in [0, 0.1) is 0 Å². The predicted molar refractivity (Wildman–Crippen MR) is 115 cm³/mol. The molecule has 0 aliphatic heterocycles. The van der Waals surface area contributed by atoms with Crippen LogP contribution >= 0.6 is 12.4 Å². The third-order valence-corrected chi connectivity index (χ3v) is 5.16. The molecule has 0 spiro atoms. The Kier molecular flexibility index (Phi) is 7.84. The number of rotatable bonds is 7. The number of hydrogen-bond donors (Lipinski definition) is 1. The summed E-state index contributed by atoms with van der Waals surface area (Å²) in [6, 6.07) is 8.58. The quantitative estimate of drug-likeness (QED) is 0.714. The topological polar surface area (TPSA) is 49.0 Å². The number of aryl methyl sites for hydroxylation is 1. The molecule has 0 aromatic heterocycles. The Labute approximate surface area is 173 Å². The van der Waals surface area contributed by atoms with E-state index in [-0.39, 0.29) is 18.4 Å². The van der Waals surface area contributed by atoms with Gasteiger partial charge in [0.15, 0.2) is 11.5 Å². The summed E-state index contributed by atoms with van der Waals surface area (Å²) >= 11 is 0. The average molecular weight is 408 g/mol. The van der Waals surface area contributed by atoms with Crippen molar-refractivity contribution >= 4 is 12.4 Å². The maximum atomic E-state index is 5.81. The Hall–Kier alpha value is -2.11. The number of hydrogen-bond acceptors (Lipinski definition) is 5. The molecule has 1 aliphatic rings. The SMILES string of the molecule is CCCN[C@H]1CCc2cc(OC)c(OC)c(OC)c2-c2ccc(OC)cc21.Cl. The number of halogens is 1. The third-order valence-electron chi connectivity index (χ3n) is 5.16. The Balaban J connectivity index is 0.00000280. The monoisotopic (exact) mass is 407 g/mol. The molecule has 2 aromatic carbocycles. The number of methoxy groups -OCH3 is 4. The first-order valence-electron chi connectivity index (χ1n) is 9.41. The highest BCUT2D eigenvalue weighted by atomic mass is 35.5. The second kappa shape index (κ2) is 9.89. The molecule has 1 atom stereocenters. The van der Waals surface area contributed by atoms with Gasteiger partial charge in [0.05, 0.1) is 28.4 Å². The number of fused-ring (bicyclic) bond motifs is 3. The number of ether oxygens (including phenoxy) is 4. The lowest BCUT2D eigenvalue weighted by Gasteiger charge is -2.21. The van der Waals surface area contributed by atoms with Crippen LogP contribution in [0.25, 0.3) is 11.1 Å². The van der Waals surface area contributed by atoms with E-state index in [1.54, 1.807) is 28.4 Å². The van der Waals surface area contributed by atoms with Gasteiger partial charge in [0.25, 0.3) is 0 Å². The van der Waals surface area contributed by atoms with Crippen LogP contribution in [-0.2, 0) is 6.42 Å². The minimum Gasteiger partial charge on any atom is -0.497 e. The molecule has 0 amide bonds. The van der Waals surface area contributed by atoms with Crippen molar-refractivity contribution in [3.63, 3.8) is 0 Å². The minimum absolute atomic E-state index is 0. The predicted octanol–water partition coefficient (Wildman–Crippen LogP) is 4.80. The average Bonchev–Trinajstić information content (AvgIpc) is 2.86. The maximum Gasteiger partial charge on any atom is 0.203 e. The van der Waals surface area contributed by atoms with Crippen molar-refractivity contribution in [3.05, 3.63) is 35.4 Å². The van der Waals surface area contributed by atoms with E-state index in [2.05, 4.69) is 30.4 Å². The van der Waals surface area contributed by atoms with Crippen LogP contribution in [0.2, 0.25) is 0 Å². The third kappa shape index (κ3) is 4.01. The van der Waals surface area contributed by atoms with Crippen LogP contribution in [0.3, 0.4) is 0 Å². The first-order valence-corrected chi connectivity index (χ1v) is 9.41. The van der Waals surface area contributed by atoms with Crippen LogP contribution < -0.4 is 24.3 Å². The van der Waals surface area contributed by atoms with E-state index in [1.807, 2.05) is 6.07 Å². The molecule has 1 N–H and O–H groups in total. The second-order valence-corrected chi connectivity index (χ2v) is 6.68. The lowest BCUT2D eigenvalue weighted by molar-refractivity contribution is 0.324. The Morgan fingerprint density at radius 1 is 0.964 bits per heavy atom. The number of benzene rings is 2. The zero-order valence-electron chi connectivity index (χ0n) is 17.3. The molecule has 0 fully saturated rings. The summed E-state index contributed by atoms with van der Waals surface area (Å²) in [5.74, 6) is 2.90. The van der Waals surface area contributed by atoms with Gasteiger partial charge in [-0.3, -0.25) is 0 Å². The minimum atomic E-state index is 0. The Morgan fingerprint density at radius 3 is 2.32 bits per heavy atom. The van der Waals surface area contributed by atoms with Crippen LogP contribution in [0.15, 0.2) is 24.3 Å². The normalized spacial score (nSPS) is 14.8. The first kappa shape index (κ1) is 22.2. The summed E-state index contributed by atoms with van der Waals surface area (Å²) in [7, 11) is 6.68. The van der Waals surface area contributed by atoms with Crippen molar-refractivity contribution in [3.8, 4) is 34.1 Å². The summed E-state index contributed by atoms with van der Waals surface area (Å²) in [6.07, 6.45) is 3.00. The smallest absolute Gasteiger partial charge is 0.203 e. The summed E-state index contributed by atoms with van der Waals surface area (Å²) in [5.41, 5.74) is 4.66. The van der Waals surface area contributed by atoms with Gasteiger partial charge in [-0.1, -0.05) is 13.0 Å². The molecular weight excluding hydrogens is 378 g/mol. The largest absolute Gasteiger partial charge is 0.497 e. The molecule has 154 valence electrons. The maximum absolute atomic E-state index is 5.81. The van der Waals surface area contributed by atoms with Crippen molar-refractivity contribution in [2.45, 2.75) is 32.2 Å². The highest BCUT2D eigenvalue weighted by Crippen LogP contribution is 2.50. The summed E-state index contributed by atoms with van der Waals surface area (Å²) < 4.78 is 22.5. The van der Waals surface area contributed by atoms with Crippen molar-refractivity contribution in [2.75, 3.05) is 35.0 Å². The van der Waals surface area contributed by atoms with Crippen LogP contribution in [0.5, 0.6) is 23.0 Å². The van der Waals surface area contributed by atoms with Crippen molar-refractivity contribution in [2.24, 2.45) is 0 Å². The van der Waals surface area contributed by atoms with Crippen LogP contribution in [0.1, 0.15) is 36.9 Å². The highest BCUT2D eigenvalue weighted by molar-refractivity contribution is 5.85. The zero-order valence-corrected chi connectivity index (χ0v) is 18.1. The van der Waals surface area contributed by atoms with E-state index in [0.29, 0.717) is 11.5 Å². The van der Waals surface area contributed by atoms with E-state index in [4.69, 9.17) is 18.9 Å². The first-order chi connectivity index (χ1) is 13.2. The van der Waals surface area contributed by atoms with Crippen molar-refractivity contribution in [1.29, 1.82) is 0 Å². The molecule has 1 aliphatic carbocycles. The molecule has 0 saturated carbocycles. The zero-order chi connectivity index (χ0) is 19.4. The van der Waals surface area contributed by atoms with Gasteiger partial charge in [-0.25, -0.2) is 0 Å². The van der Waals surface area contributed by atoms with E-state index >= 15 is 0 Å². The van der Waals surface area contributed by atoms with Gasteiger partial charge in [0.2, 0.25) is 5.75 Å². The van der Waals surface area contributed by atoms with Gasteiger partial charge in [0, 0.05) is 11.6 Å². The van der Waals surface area contributed by atoms with E-state index in [9.17, 15) is 0 Å². The second-order valence-electron chi connectivity index (χ2n) is 6.68.